The average Bonchev–Trinajstić information content (AvgIpc) is 3.02. The number of thiazole rings is 1. The standard InChI is InChI=1S/C19H20FN3OS.ClH/c1-22(2)12-5-13-23(18(24)14-8-10-15(20)11-9-14)19-21-16-6-3-4-7-17(16)25-19;/h3-4,6-11H,5,12-13H2,1-2H3;1H. The zero-order valence-electron chi connectivity index (χ0n) is 14.7. The maximum atomic E-state index is 13.2. The highest BCUT2D eigenvalue weighted by molar-refractivity contribution is 7.22. The van der Waals surface area contributed by atoms with E-state index in [1.165, 1.54) is 35.6 Å². The van der Waals surface area contributed by atoms with Gasteiger partial charge in [0.1, 0.15) is 5.82 Å². The summed E-state index contributed by atoms with van der Waals surface area (Å²) < 4.78 is 14.2. The van der Waals surface area contributed by atoms with Crippen LogP contribution in [0.15, 0.2) is 48.5 Å². The lowest BCUT2D eigenvalue weighted by Gasteiger charge is -2.21. The molecule has 1 heterocycles. The first-order valence-electron chi connectivity index (χ1n) is 8.12. The summed E-state index contributed by atoms with van der Waals surface area (Å²) in [6.07, 6.45) is 0.829. The molecule has 0 radical (unpaired) electrons. The zero-order valence-corrected chi connectivity index (χ0v) is 16.3. The van der Waals surface area contributed by atoms with E-state index >= 15 is 0 Å². The summed E-state index contributed by atoms with van der Waals surface area (Å²) in [4.78, 5) is 21.4. The first-order chi connectivity index (χ1) is 12.0. The second-order valence-corrected chi connectivity index (χ2v) is 7.09. The van der Waals surface area contributed by atoms with Crippen molar-refractivity contribution in [3.05, 3.63) is 59.9 Å². The van der Waals surface area contributed by atoms with E-state index in [0.29, 0.717) is 17.2 Å². The molecule has 0 saturated carbocycles. The number of para-hydroxylation sites is 1. The Morgan fingerprint density at radius 3 is 2.42 bits per heavy atom. The molecule has 0 N–H and O–H groups in total. The number of hydrogen-bond donors (Lipinski definition) is 0. The second-order valence-electron chi connectivity index (χ2n) is 6.08. The Bertz CT molecular complexity index is 834. The fourth-order valence-corrected chi connectivity index (χ4v) is 3.54. The smallest absolute Gasteiger partial charge is 0.260 e. The SMILES string of the molecule is CN(C)CCCN(C(=O)c1ccc(F)cc1)c1nc2ccccc2s1.Cl. The Balaban J connectivity index is 0.00000243. The third kappa shape index (κ3) is 4.78. The van der Waals surface area contributed by atoms with Gasteiger partial charge in [-0.05, 0) is 63.5 Å². The van der Waals surface area contributed by atoms with Gasteiger partial charge in [-0.2, -0.15) is 0 Å². The van der Waals surface area contributed by atoms with E-state index in [9.17, 15) is 9.18 Å². The molecule has 2 aromatic carbocycles. The molecule has 0 fully saturated rings. The number of aromatic nitrogens is 1. The fraction of sp³-hybridized carbons (Fsp3) is 0.263. The van der Waals surface area contributed by atoms with Gasteiger partial charge in [0.15, 0.2) is 5.13 Å². The molecule has 3 rings (SSSR count). The minimum absolute atomic E-state index is 0. The molecular weight excluding hydrogens is 373 g/mol. The summed E-state index contributed by atoms with van der Waals surface area (Å²) in [6.45, 7) is 1.44. The van der Waals surface area contributed by atoms with Crippen LogP contribution >= 0.6 is 23.7 Å². The minimum Gasteiger partial charge on any atom is -0.309 e. The highest BCUT2D eigenvalue weighted by Crippen LogP contribution is 2.29. The fourth-order valence-electron chi connectivity index (χ4n) is 2.55. The van der Waals surface area contributed by atoms with E-state index in [0.717, 1.165) is 23.2 Å². The van der Waals surface area contributed by atoms with Crippen LogP contribution in [0, 0.1) is 5.82 Å². The summed E-state index contributed by atoms with van der Waals surface area (Å²) in [6, 6.07) is 13.5. The van der Waals surface area contributed by atoms with Gasteiger partial charge in [-0.25, -0.2) is 9.37 Å². The van der Waals surface area contributed by atoms with Crippen molar-refractivity contribution in [1.29, 1.82) is 0 Å². The van der Waals surface area contributed by atoms with E-state index in [4.69, 9.17) is 0 Å². The van der Waals surface area contributed by atoms with Crippen molar-refractivity contribution in [3.8, 4) is 0 Å². The molecule has 1 aromatic heterocycles. The van der Waals surface area contributed by atoms with E-state index < -0.39 is 0 Å². The summed E-state index contributed by atoms with van der Waals surface area (Å²) in [5.41, 5.74) is 1.34. The number of amides is 1. The Morgan fingerprint density at radius 2 is 1.77 bits per heavy atom. The number of benzene rings is 2. The number of halogens is 2. The summed E-state index contributed by atoms with van der Waals surface area (Å²) in [5.74, 6) is -0.506. The van der Waals surface area contributed by atoms with Crippen molar-refractivity contribution in [2.24, 2.45) is 0 Å². The number of anilines is 1. The number of fused-ring (bicyclic) bond motifs is 1. The van der Waals surface area contributed by atoms with Crippen LogP contribution in [0.5, 0.6) is 0 Å². The van der Waals surface area contributed by atoms with Crippen molar-refractivity contribution < 1.29 is 9.18 Å². The van der Waals surface area contributed by atoms with Crippen molar-refractivity contribution in [2.45, 2.75) is 6.42 Å². The molecule has 3 aromatic rings. The number of hydrogen-bond acceptors (Lipinski definition) is 4. The van der Waals surface area contributed by atoms with Crippen LogP contribution in [0.3, 0.4) is 0 Å². The third-order valence-electron chi connectivity index (χ3n) is 3.84. The lowest BCUT2D eigenvalue weighted by molar-refractivity contribution is 0.0986. The normalized spacial score (nSPS) is 10.8. The maximum Gasteiger partial charge on any atom is 0.260 e. The van der Waals surface area contributed by atoms with Gasteiger partial charge in [0.25, 0.3) is 5.91 Å². The predicted molar refractivity (Wildman–Crippen MR) is 108 cm³/mol. The van der Waals surface area contributed by atoms with Crippen LogP contribution in [0.25, 0.3) is 10.2 Å². The molecule has 0 saturated heterocycles. The highest BCUT2D eigenvalue weighted by atomic mass is 35.5. The van der Waals surface area contributed by atoms with Crippen LogP contribution in [-0.2, 0) is 0 Å². The summed E-state index contributed by atoms with van der Waals surface area (Å²) in [5, 5.41) is 0.675. The molecule has 0 bridgehead atoms. The molecule has 0 atom stereocenters. The average molecular weight is 394 g/mol. The largest absolute Gasteiger partial charge is 0.309 e. The van der Waals surface area contributed by atoms with Gasteiger partial charge in [-0.3, -0.25) is 9.69 Å². The number of rotatable bonds is 6. The number of carbonyl (C=O) groups excluding carboxylic acids is 1. The third-order valence-corrected chi connectivity index (χ3v) is 4.90. The Hall–Kier alpha value is -2.02. The van der Waals surface area contributed by atoms with Crippen LogP contribution in [0.4, 0.5) is 9.52 Å². The molecule has 7 heteroatoms. The van der Waals surface area contributed by atoms with E-state index in [-0.39, 0.29) is 24.1 Å². The van der Waals surface area contributed by atoms with Gasteiger partial charge < -0.3 is 4.90 Å². The van der Waals surface area contributed by atoms with Gasteiger partial charge in [0.05, 0.1) is 10.2 Å². The molecule has 0 aliphatic rings. The number of nitrogens with zero attached hydrogens (tertiary/aromatic N) is 3. The van der Waals surface area contributed by atoms with Crippen LogP contribution in [-0.4, -0.2) is 43.0 Å². The monoisotopic (exact) mass is 393 g/mol. The molecule has 4 nitrogen and oxygen atoms in total. The molecular formula is C19H21ClFN3OS. The molecule has 0 aliphatic carbocycles. The van der Waals surface area contributed by atoms with Crippen molar-refractivity contribution in [1.82, 2.24) is 9.88 Å². The first kappa shape index (κ1) is 20.3. The van der Waals surface area contributed by atoms with E-state index in [1.54, 1.807) is 4.90 Å². The maximum absolute atomic E-state index is 13.2. The molecule has 1 amide bonds. The minimum atomic E-state index is -0.351. The van der Waals surface area contributed by atoms with E-state index in [2.05, 4.69) is 9.88 Å². The second kappa shape index (κ2) is 9.07. The highest BCUT2D eigenvalue weighted by Gasteiger charge is 2.21. The van der Waals surface area contributed by atoms with Crippen LogP contribution in [0.1, 0.15) is 16.8 Å². The van der Waals surface area contributed by atoms with Gasteiger partial charge in [0, 0.05) is 12.1 Å². The van der Waals surface area contributed by atoms with Gasteiger partial charge in [0.2, 0.25) is 0 Å². The predicted octanol–water partition coefficient (Wildman–Crippen LogP) is 4.46. The van der Waals surface area contributed by atoms with Gasteiger partial charge in [-0.15, -0.1) is 12.4 Å². The first-order valence-corrected chi connectivity index (χ1v) is 8.94. The lowest BCUT2D eigenvalue weighted by Crippen LogP contribution is -2.33. The summed E-state index contributed by atoms with van der Waals surface area (Å²) >= 11 is 1.50. The lowest BCUT2D eigenvalue weighted by atomic mass is 10.2. The van der Waals surface area contributed by atoms with E-state index in [1.807, 2.05) is 38.4 Å². The van der Waals surface area contributed by atoms with Crippen molar-refractivity contribution in [3.63, 3.8) is 0 Å². The molecule has 0 aliphatic heterocycles. The Morgan fingerprint density at radius 1 is 1.08 bits per heavy atom. The van der Waals surface area contributed by atoms with Gasteiger partial charge >= 0.3 is 0 Å². The Labute approximate surface area is 162 Å². The van der Waals surface area contributed by atoms with Crippen molar-refractivity contribution in [2.75, 3.05) is 32.1 Å². The topological polar surface area (TPSA) is 36.4 Å². The molecule has 138 valence electrons. The number of carbonyl (C=O) groups is 1. The zero-order chi connectivity index (χ0) is 17.8. The summed E-state index contributed by atoms with van der Waals surface area (Å²) in [7, 11) is 4.01. The molecule has 26 heavy (non-hydrogen) atoms. The molecule has 0 spiro atoms. The van der Waals surface area contributed by atoms with Crippen LogP contribution < -0.4 is 4.90 Å². The quantitative estimate of drug-likeness (QED) is 0.620. The molecule has 0 unspecified atom stereocenters. The van der Waals surface area contributed by atoms with Gasteiger partial charge in [-0.1, -0.05) is 23.5 Å². The van der Waals surface area contributed by atoms with Crippen LogP contribution in [0.2, 0.25) is 0 Å². The Kier molecular flexibility index (Phi) is 7.08. The van der Waals surface area contributed by atoms with Crippen molar-refractivity contribution >= 4 is 45.0 Å².